The van der Waals surface area contributed by atoms with Crippen LogP contribution >= 0.6 is 0 Å². The number of unbranched alkanes of at least 4 members (excludes halogenated alkanes) is 2. The van der Waals surface area contributed by atoms with Crippen molar-refractivity contribution in [2.45, 2.75) is 84.1 Å². The topological polar surface area (TPSA) is 6.48 Å². The van der Waals surface area contributed by atoms with Crippen LogP contribution in [-0.4, -0.2) is 14.1 Å². The number of hydrogen-bond acceptors (Lipinski definition) is 2. The highest BCUT2D eigenvalue weighted by atomic mass is 15.2. The van der Waals surface area contributed by atoms with E-state index in [0.29, 0.717) is 11.8 Å². The molecular formula is C39H52N2. The Labute approximate surface area is 250 Å². The summed E-state index contributed by atoms with van der Waals surface area (Å²) in [6.07, 6.45) is 14.6. The van der Waals surface area contributed by atoms with Gasteiger partial charge in [0.1, 0.15) is 0 Å². The number of rotatable bonds is 14. The standard InChI is InChI=1S/C39H52N2/c1-7-8-9-11-15-30(2)28-33-16-14-19-39(29-33)41(31(3)34-17-12-10-13-18-34)32(4)35-20-22-36(23-21-35)37-24-26-38(27-25-37)40(5)6/h7,14,16,19-27,29-30,32,34H,1,3,8-13,15,17-18,28H2,2,4-6H3. The molecule has 1 fully saturated rings. The predicted molar refractivity (Wildman–Crippen MR) is 181 cm³/mol. The van der Waals surface area contributed by atoms with Crippen LogP contribution < -0.4 is 9.80 Å². The largest absolute Gasteiger partial charge is 0.378 e. The minimum atomic E-state index is 0.209. The molecule has 218 valence electrons. The van der Waals surface area contributed by atoms with Gasteiger partial charge in [0, 0.05) is 31.2 Å². The lowest BCUT2D eigenvalue weighted by Crippen LogP contribution is -2.30. The summed E-state index contributed by atoms with van der Waals surface area (Å²) in [5, 5.41) is 0. The van der Waals surface area contributed by atoms with Gasteiger partial charge in [0.05, 0.1) is 6.04 Å². The number of nitrogens with zero attached hydrogens (tertiary/aromatic N) is 2. The molecule has 0 N–H and O–H groups in total. The van der Waals surface area contributed by atoms with Gasteiger partial charge in [-0.3, -0.25) is 0 Å². The summed E-state index contributed by atoms with van der Waals surface area (Å²) >= 11 is 0. The molecule has 41 heavy (non-hydrogen) atoms. The Morgan fingerprint density at radius 3 is 2.15 bits per heavy atom. The summed E-state index contributed by atoms with van der Waals surface area (Å²) in [6, 6.07) is 27.5. The van der Waals surface area contributed by atoms with E-state index in [9.17, 15) is 0 Å². The highest BCUT2D eigenvalue weighted by molar-refractivity contribution is 5.67. The fraction of sp³-hybridized carbons (Fsp3) is 0.436. The lowest BCUT2D eigenvalue weighted by atomic mass is 9.85. The molecule has 0 aromatic heterocycles. The van der Waals surface area contributed by atoms with Gasteiger partial charge in [-0.15, -0.1) is 6.58 Å². The van der Waals surface area contributed by atoms with Gasteiger partial charge in [0.2, 0.25) is 0 Å². The van der Waals surface area contributed by atoms with Crippen molar-refractivity contribution in [3.63, 3.8) is 0 Å². The van der Waals surface area contributed by atoms with Crippen LogP contribution in [0.5, 0.6) is 0 Å². The minimum absolute atomic E-state index is 0.209. The maximum Gasteiger partial charge on any atom is 0.0560 e. The Morgan fingerprint density at radius 1 is 0.854 bits per heavy atom. The molecule has 2 nitrogen and oxygen atoms in total. The summed E-state index contributed by atoms with van der Waals surface area (Å²) < 4.78 is 0. The zero-order valence-electron chi connectivity index (χ0n) is 26.1. The molecule has 3 aromatic rings. The molecule has 1 aliphatic carbocycles. The second-order valence-electron chi connectivity index (χ2n) is 12.5. The van der Waals surface area contributed by atoms with Crippen LogP contribution in [0, 0.1) is 11.8 Å². The van der Waals surface area contributed by atoms with Gasteiger partial charge in [-0.2, -0.15) is 0 Å². The van der Waals surface area contributed by atoms with Crippen LogP contribution in [0.1, 0.15) is 88.8 Å². The second kappa shape index (κ2) is 15.1. The Morgan fingerprint density at radius 2 is 1.51 bits per heavy atom. The third-order valence-electron chi connectivity index (χ3n) is 9.01. The quantitative estimate of drug-likeness (QED) is 0.146. The van der Waals surface area contributed by atoms with Gasteiger partial charge in [0.25, 0.3) is 0 Å². The fourth-order valence-corrected chi connectivity index (χ4v) is 6.45. The van der Waals surface area contributed by atoms with E-state index in [4.69, 9.17) is 6.58 Å². The zero-order chi connectivity index (χ0) is 29.2. The Bertz CT molecular complexity index is 1230. The lowest BCUT2D eigenvalue weighted by molar-refractivity contribution is 0.392. The van der Waals surface area contributed by atoms with Crippen molar-refractivity contribution in [1.82, 2.24) is 0 Å². The Balaban J connectivity index is 1.56. The Hall–Kier alpha value is -3.26. The van der Waals surface area contributed by atoms with Crippen LogP contribution in [0.15, 0.2) is 97.7 Å². The van der Waals surface area contributed by atoms with Crippen molar-refractivity contribution in [2.75, 3.05) is 23.9 Å². The van der Waals surface area contributed by atoms with Crippen molar-refractivity contribution >= 4 is 11.4 Å². The number of hydrogen-bond donors (Lipinski definition) is 0. The average molecular weight is 549 g/mol. The molecule has 0 amide bonds. The monoisotopic (exact) mass is 548 g/mol. The van der Waals surface area contributed by atoms with Crippen molar-refractivity contribution in [3.05, 3.63) is 109 Å². The van der Waals surface area contributed by atoms with Crippen LogP contribution in [0.4, 0.5) is 11.4 Å². The van der Waals surface area contributed by atoms with E-state index in [-0.39, 0.29) is 6.04 Å². The van der Waals surface area contributed by atoms with Crippen molar-refractivity contribution in [2.24, 2.45) is 11.8 Å². The summed E-state index contributed by atoms with van der Waals surface area (Å²) in [7, 11) is 4.17. The first-order valence-electron chi connectivity index (χ1n) is 15.9. The summed E-state index contributed by atoms with van der Waals surface area (Å²) in [5.74, 6) is 1.25. The molecule has 0 spiro atoms. The SMILES string of the molecule is C=CCCCCC(C)Cc1cccc(N(C(=C)C2CCCCC2)C(C)c2ccc(-c3ccc(N(C)C)cc3)cc2)c1. The maximum atomic E-state index is 4.75. The van der Waals surface area contributed by atoms with Crippen LogP contribution in [0.2, 0.25) is 0 Å². The third kappa shape index (κ3) is 8.38. The van der Waals surface area contributed by atoms with E-state index in [0.717, 1.165) is 12.8 Å². The van der Waals surface area contributed by atoms with Gasteiger partial charge in [0.15, 0.2) is 0 Å². The molecule has 3 aromatic carbocycles. The lowest BCUT2D eigenvalue weighted by Gasteiger charge is -2.38. The number of anilines is 2. The molecule has 1 aliphatic rings. The molecule has 0 radical (unpaired) electrons. The van der Waals surface area contributed by atoms with E-state index < -0.39 is 0 Å². The molecule has 2 heteroatoms. The van der Waals surface area contributed by atoms with Gasteiger partial charge in [-0.25, -0.2) is 0 Å². The summed E-state index contributed by atoms with van der Waals surface area (Å²) in [4.78, 5) is 4.69. The number of allylic oxidation sites excluding steroid dienone is 2. The number of benzene rings is 3. The van der Waals surface area contributed by atoms with Gasteiger partial charge in [-0.05, 0) is 97.4 Å². The van der Waals surface area contributed by atoms with Crippen LogP contribution in [0.3, 0.4) is 0 Å². The molecular weight excluding hydrogens is 496 g/mol. The summed E-state index contributed by atoms with van der Waals surface area (Å²) in [6.45, 7) is 13.4. The first-order valence-corrected chi connectivity index (χ1v) is 15.9. The average Bonchev–Trinajstić information content (AvgIpc) is 3.00. The van der Waals surface area contributed by atoms with E-state index >= 15 is 0 Å². The maximum absolute atomic E-state index is 4.75. The van der Waals surface area contributed by atoms with Gasteiger partial charge in [-0.1, -0.05) is 100 Å². The van der Waals surface area contributed by atoms with Crippen LogP contribution in [0.25, 0.3) is 11.1 Å². The minimum Gasteiger partial charge on any atom is -0.378 e. The van der Waals surface area contributed by atoms with Gasteiger partial charge >= 0.3 is 0 Å². The van der Waals surface area contributed by atoms with Crippen LogP contribution in [-0.2, 0) is 6.42 Å². The molecule has 0 aliphatic heterocycles. The smallest absolute Gasteiger partial charge is 0.0560 e. The highest BCUT2D eigenvalue weighted by Gasteiger charge is 2.26. The van der Waals surface area contributed by atoms with E-state index in [1.165, 1.54) is 90.7 Å². The molecule has 2 unspecified atom stereocenters. The first-order chi connectivity index (χ1) is 19.9. The molecule has 0 saturated heterocycles. The Kier molecular flexibility index (Phi) is 11.3. The van der Waals surface area contributed by atoms with E-state index in [1.54, 1.807) is 0 Å². The molecule has 1 saturated carbocycles. The zero-order valence-corrected chi connectivity index (χ0v) is 26.1. The molecule has 0 bridgehead atoms. The van der Waals surface area contributed by atoms with E-state index in [1.807, 2.05) is 6.08 Å². The first kappa shape index (κ1) is 30.7. The highest BCUT2D eigenvalue weighted by Crippen LogP contribution is 2.39. The van der Waals surface area contributed by atoms with E-state index in [2.05, 4.69) is 117 Å². The molecule has 4 rings (SSSR count). The van der Waals surface area contributed by atoms with Crippen molar-refractivity contribution in [1.29, 1.82) is 0 Å². The predicted octanol–water partition coefficient (Wildman–Crippen LogP) is 11.0. The van der Waals surface area contributed by atoms with Crippen molar-refractivity contribution < 1.29 is 0 Å². The summed E-state index contributed by atoms with van der Waals surface area (Å²) in [5.41, 5.74) is 9.07. The van der Waals surface area contributed by atoms with Crippen molar-refractivity contribution in [3.8, 4) is 11.1 Å². The second-order valence-corrected chi connectivity index (χ2v) is 12.5. The fourth-order valence-electron chi connectivity index (χ4n) is 6.45. The normalized spacial score (nSPS) is 15.2. The molecule has 0 heterocycles. The molecule has 2 atom stereocenters. The third-order valence-corrected chi connectivity index (χ3v) is 9.01. The van der Waals surface area contributed by atoms with Gasteiger partial charge < -0.3 is 9.80 Å².